The molecule has 106 valence electrons. The summed E-state index contributed by atoms with van der Waals surface area (Å²) in [6.07, 6.45) is 0.788. The number of nitrogens with zero attached hydrogens (tertiary/aromatic N) is 2. The summed E-state index contributed by atoms with van der Waals surface area (Å²) in [6.45, 7) is 2.49. The van der Waals surface area contributed by atoms with E-state index in [-0.39, 0.29) is 17.1 Å². The average molecular weight is 295 g/mol. The second-order valence-corrected chi connectivity index (χ2v) is 5.13. The van der Waals surface area contributed by atoms with Crippen LogP contribution in [0.25, 0.3) is 0 Å². The Bertz CT molecular complexity index is 693. The average Bonchev–Trinajstić information content (AvgIpc) is 2.74. The van der Waals surface area contributed by atoms with Gasteiger partial charge in [0.2, 0.25) is 0 Å². The highest BCUT2D eigenvalue weighted by Crippen LogP contribution is 2.28. The molecule has 1 aromatic carbocycles. The number of rotatable bonds is 5. The quantitative estimate of drug-likeness (QED) is 0.575. The van der Waals surface area contributed by atoms with E-state index in [1.807, 2.05) is 6.92 Å². The van der Waals surface area contributed by atoms with Crippen molar-refractivity contribution in [2.75, 3.05) is 0 Å². The zero-order valence-corrected chi connectivity index (χ0v) is 11.6. The molecule has 0 amide bonds. The molecule has 0 bridgehead atoms. The Labute approximate surface area is 118 Å². The summed E-state index contributed by atoms with van der Waals surface area (Å²) in [7, 11) is 0. The van der Waals surface area contributed by atoms with Gasteiger partial charge in [0.15, 0.2) is 5.16 Å². The normalized spacial score (nSPS) is 10.7. The number of aromatic nitrogens is 3. The fourth-order valence-corrected chi connectivity index (χ4v) is 2.69. The Hall–Kier alpha value is -2.09. The lowest BCUT2D eigenvalue weighted by Crippen LogP contribution is -2.17. The Morgan fingerprint density at radius 1 is 1.60 bits per heavy atom. The van der Waals surface area contributed by atoms with Crippen LogP contribution < -0.4 is 11.4 Å². The second kappa shape index (κ2) is 5.91. The standard InChI is InChI=1S/C12H14FN5OS/c1-2-5-18-11(19)16-17-12(18)20-9-4-3-7(13)6-8(9)10(14)15/h3-4,6H,2,5H2,1H3,(H3,14,15)(H,16,19). The fraction of sp³-hybridized carbons (Fsp3) is 0.250. The first-order valence-electron chi connectivity index (χ1n) is 6.00. The van der Waals surface area contributed by atoms with Crippen molar-refractivity contribution in [3.63, 3.8) is 0 Å². The van der Waals surface area contributed by atoms with Crippen molar-refractivity contribution in [1.29, 1.82) is 5.41 Å². The maximum Gasteiger partial charge on any atom is 0.343 e. The van der Waals surface area contributed by atoms with Gasteiger partial charge in [-0.25, -0.2) is 14.3 Å². The van der Waals surface area contributed by atoms with E-state index in [2.05, 4.69) is 10.2 Å². The number of halogens is 1. The predicted octanol–water partition coefficient (Wildman–Crippen LogP) is 1.56. The molecule has 0 fully saturated rings. The van der Waals surface area contributed by atoms with Crippen LogP contribution in [0.3, 0.4) is 0 Å². The van der Waals surface area contributed by atoms with E-state index in [0.29, 0.717) is 16.6 Å². The zero-order valence-electron chi connectivity index (χ0n) is 10.8. The van der Waals surface area contributed by atoms with Gasteiger partial charge in [0.25, 0.3) is 0 Å². The Kier molecular flexibility index (Phi) is 4.23. The summed E-state index contributed by atoms with van der Waals surface area (Å²) in [5, 5.41) is 14.3. The van der Waals surface area contributed by atoms with E-state index < -0.39 is 5.82 Å². The highest BCUT2D eigenvalue weighted by atomic mass is 32.2. The molecule has 0 saturated carbocycles. The van der Waals surface area contributed by atoms with E-state index in [4.69, 9.17) is 11.1 Å². The van der Waals surface area contributed by atoms with Crippen molar-refractivity contribution < 1.29 is 4.39 Å². The molecule has 0 aliphatic carbocycles. The van der Waals surface area contributed by atoms with Crippen LogP contribution in [0.5, 0.6) is 0 Å². The molecule has 2 aromatic rings. The number of nitrogen functional groups attached to an aromatic ring is 1. The van der Waals surface area contributed by atoms with E-state index in [1.54, 1.807) is 0 Å². The maximum atomic E-state index is 13.2. The van der Waals surface area contributed by atoms with Crippen LogP contribution in [0.2, 0.25) is 0 Å². The van der Waals surface area contributed by atoms with Crippen molar-refractivity contribution in [3.05, 3.63) is 40.1 Å². The number of H-pyrrole nitrogens is 1. The number of amidine groups is 1. The molecule has 1 aromatic heterocycles. The highest BCUT2D eigenvalue weighted by molar-refractivity contribution is 7.99. The number of nitrogens with two attached hydrogens (primary N) is 1. The lowest BCUT2D eigenvalue weighted by molar-refractivity contribution is 0.603. The van der Waals surface area contributed by atoms with Crippen molar-refractivity contribution in [1.82, 2.24) is 14.8 Å². The lowest BCUT2D eigenvalue weighted by Gasteiger charge is -2.08. The number of nitrogens with one attached hydrogen (secondary N) is 2. The van der Waals surface area contributed by atoms with Crippen LogP contribution in [-0.4, -0.2) is 20.6 Å². The summed E-state index contributed by atoms with van der Waals surface area (Å²) in [4.78, 5) is 12.2. The number of hydrogen-bond acceptors (Lipinski definition) is 4. The summed E-state index contributed by atoms with van der Waals surface area (Å²) in [5.41, 5.74) is 5.44. The van der Waals surface area contributed by atoms with Gasteiger partial charge in [-0.3, -0.25) is 9.98 Å². The predicted molar refractivity (Wildman–Crippen MR) is 74.7 cm³/mol. The van der Waals surface area contributed by atoms with Crippen molar-refractivity contribution in [3.8, 4) is 0 Å². The van der Waals surface area contributed by atoms with E-state index in [9.17, 15) is 9.18 Å². The molecule has 6 nitrogen and oxygen atoms in total. The molecule has 0 spiro atoms. The van der Waals surface area contributed by atoms with Gasteiger partial charge in [-0.2, -0.15) is 0 Å². The van der Waals surface area contributed by atoms with Crippen LogP contribution in [0, 0.1) is 11.2 Å². The Balaban J connectivity index is 2.40. The first kappa shape index (κ1) is 14.3. The molecule has 0 aliphatic heterocycles. The summed E-state index contributed by atoms with van der Waals surface area (Å²) >= 11 is 1.17. The molecule has 0 saturated heterocycles. The first-order valence-corrected chi connectivity index (χ1v) is 6.81. The van der Waals surface area contributed by atoms with Gasteiger partial charge < -0.3 is 5.73 Å². The minimum Gasteiger partial charge on any atom is -0.384 e. The highest BCUT2D eigenvalue weighted by Gasteiger charge is 2.14. The largest absolute Gasteiger partial charge is 0.384 e. The van der Waals surface area contributed by atoms with Crippen LogP contribution in [0.4, 0.5) is 4.39 Å². The SMILES string of the molecule is CCCn1c(Sc2ccc(F)cc2C(=N)N)n[nH]c1=O. The lowest BCUT2D eigenvalue weighted by atomic mass is 10.2. The third kappa shape index (κ3) is 2.90. The van der Waals surface area contributed by atoms with Gasteiger partial charge in [0, 0.05) is 17.0 Å². The smallest absolute Gasteiger partial charge is 0.343 e. The Morgan fingerprint density at radius 2 is 2.35 bits per heavy atom. The number of aromatic amines is 1. The molecular formula is C12H14FN5OS. The summed E-state index contributed by atoms with van der Waals surface area (Å²) < 4.78 is 14.7. The molecule has 0 radical (unpaired) electrons. The molecule has 20 heavy (non-hydrogen) atoms. The fourth-order valence-electron chi connectivity index (χ4n) is 1.70. The van der Waals surface area contributed by atoms with Gasteiger partial charge in [-0.1, -0.05) is 6.92 Å². The van der Waals surface area contributed by atoms with Crippen LogP contribution >= 0.6 is 11.8 Å². The number of hydrogen-bond donors (Lipinski definition) is 3. The zero-order chi connectivity index (χ0) is 14.7. The third-order valence-corrected chi connectivity index (χ3v) is 3.67. The minimum atomic E-state index is -0.465. The van der Waals surface area contributed by atoms with Crippen molar-refractivity contribution in [2.24, 2.45) is 5.73 Å². The minimum absolute atomic E-state index is 0.230. The molecule has 0 unspecified atom stereocenters. The summed E-state index contributed by atoms with van der Waals surface area (Å²) in [5.74, 6) is -0.695. The third-order valence-electron chi connectivity index (χ3n) is 2.60. The van der Waals surface area contributed by atoms with Crippen LogP contribution in [0.15, 0.2) is 33.0 Å². The van der Waals surface area contributed by atoms with E-state index in [1.165, 1.54) is 34.5 Å². The topological polar surface area (TPSA) is 101 Å². The van der Waals surface area contributed by atoms with E-state index >= 15 is 0 Å². The Morgan fingerprint density at radius 3 is 3.00 bits per heavy atom. The van der Waals surface area contributed by atoms with Crippen molar-refractivity contribution >= 4 is 17.6 Å². The molecular weight excluding hydrogens is 281 g/mol. The molecule has 0 atom stereocenters. The van der Waals surface area contributed by atoms with Gasteiger partial charge in [0.05, 0.1) is 0 Å². The molecule has 0 aliphatic rings. The van der Waals surface area contributed by atoms with Crippen LogP contribution in [0.1, 0.15) is 18.9 Å². The van der Waals surface area contributed by atoms with Gasteiger partial charge in [0.1, 0.15) is 11.7 Å². The first-order chi connectivity index (χ1) is 9.52. The van der Waals surface area contributed by atoms with Gasteiger partial charge >= 0.3 is 5.69 Å². The van der Waals surface area contributed by atoms with Gasteiger partial charge in [-0.05, 0) is 36.4 Å². The summed E-state index contributed by atoms with van der Waals surface area (Å²) in [6, 6.07) is 4.00. The van der Waals surface area contributed by atoms with Gasteiger partial charge in [-0.15, -0.1) is 5.10 Å². The maximum absolute atomic E-state index is 13.2. The molecule has 1 heterocycles. The second-order valence-electron chi connectivity index (χ2n) is 4.12. The molecule has 4 N–H and O–H groups in total. The molecule has 2 rings (SSSR count). The van der Waals surface area contributed by atoms with E-state index in [0.717, 1.165) is 6.42 Å². The van der Waals surface area contributed by atoms with Crippen molar-refractivity contribution in [2.45, 2.75) is 29.9 Å². The monoisotopic (exact) mass is 295 g/mol. The number of benzene rings is 1. The molecule has 8 heteroatoms. The van der Waals surface area contributed by atoms with Crippen LogP contribution in [-0.2, 0) is 6.54 Å².